The minimum absolute atomic E-state index is 0.169. The maximum Gasteiger partial charge on any atom is 0.143 e. The van der Waals surface area contributed by atoms with Crippen molar-refractivity contribution in [3.05, 3.63) is 326 Å². The number of benzene rings is 16. The first-order valence-electron chi connectivity index (χ1n) is 39.2. The molecule has 94 heavy (non-hydrogen) atoms. The lowest BCUT2D eigenvalue weighted by Gasteiger charge is -2.22. The summed E-state index contributed by atoms with van der Waals surface area (Å²) in [6.45, 7) is 4.47. The van der Waals surface area contributed by atoms with Gasteiger partial charge in [-0.25, -0.2) is 0 Å². The molecule has 19 aromatic rings. The summed E-state index contributed by atoms with van der Waals surface area (Å²) in [6.07, 6.45) is 0. The molecule has 0 atom stereocenters. The van der Waals surface area contributed by atoms with Crippen LogP contribution in [0.5, 0.6) is 0 Å². The highest BCUT2D eigenvalue weighted by Gasteiger charge is 2.36. The van der Waals surface area contributed by atoms with E-state index in [1.54, 1.807) is 59.9 Å². The zero-order valence-electron chi connectivity index (χ0n) is 66.5. The molecule has 20 rings (SSSR count). The van der Waals surface area contributed by atoms with Crippen LogP contribution in [0.25, 0.3) is 185 Å². The predicted molar refractivity (Wildman–Crippen MR) is 401 cm³/mol. The summed E-state index contributed by atoms with van der Waals surface area (Å²) in [5, 5.41) is 6.57. The maximum atomic E-state index is 9.44. The van der Waals surface area contributed by atoms with E-state index in [-0.39, 0.29) is 96.8 Å². The quantitative estimate of drug-likeness (QED) is 0.155. The van der Waals surface area contributed by atoms with Crippen molar-refractivity contribution in [1.29, 1.82) is 0 Å². The van der Waals surface area contributed by atoms with Crippen molar-refractivity contribution in [3.8, 4) is 77.9 Å². The SMILES string of the molecule is [2H]c1c([2H])c([2H])c2c(-c3ccc(-c4ccc5c(c4)C(C)(C)c4ccccc4-5)c4oc5ccccc5c34)c3c([2H])c([2H])c([2H])c([2H])c3c(-c3ccccc3)c2c1[2H].[2H]c1c([2H])c([2H])c2c(-c3ccc(-c4ccc5sc6ccccc6c5c4)c4oc5ccccc5c34)c3c([2H])c([2H])c([2H])c([2H])c3c(-c3ccccc3)c2c1[2H]. The zero-order chi connectivity index (χ0) is 76.1. The van der Waals surface area contributed by atoms with Crippen molar-refractivity contribution in [1.82, 2.24) is 0 Å². The number of hydrogen-bond acceptors (Lipinski definition) is 3. The van der Waals surface area contributed by atoms with Gasteiger partial charge < -0.3 is 8.83 Å². The summed E-state index contributed by atoms with van der Waals surface area (Å²) in [5.74, 6) is 0. The van der Waals surface area contributed by atoms with Crippen LogP contribution in [0.4, 0.5) is 0 Å². The van der Waals surface area contributed by atoms with Gasteiger partial charge in [-0.05, 0) is 170 Å². The molecule has 0 aliphatic heterocycles. The van der Waals surface area contributed by atoms with Gasteiger partial charge in [0.1, 0.15) is 22.3 Å². The minimum Gasteiger partial charge on any atom is -0.455 e. The predicted octanol–water partition coefficient (Wildman–Crippen LogP) is 26.5. The zero-order valence-corrected chi connectivity index (χ0v) is 51.3. The normalized spacial score (nSPS) is 15.0. The standard InChI is InChI=1S/C47H32O.C44H26OS/c1-47(2)40-22-12-10-16-32(40)33-25-24-30(28-41(33)47)31-26-27-39(45-38-21-11-13-23-42(38)48-46(31)45)44-36-19-8-6-17-34(36)43(29-14-4-3-5-15-29)35-18-7-9-20-37(35)44;1-2-12-27(13-3-1)41-31-15-4-6-17-33(31)42(34-18-7-5-16-32(34)41)36-24-23-29(44-43(36)35-19-8-10-20-38(35)45-44)28-22-25-40-37(26-28)30-14-9-11-21-39(30)46-40/h3-28H,1-2H3;1-26H/i6D,7D,8D,9D,17D,18D,19D,20D;4D,5D,6D,7D,15D,16D,17D,18D. The van der Waals surface area contributed by atoms with Crippen LogP contribution in [0.3, 0.4) is 0 Å². The summed E-state index contributed by atoms with van der Waals surface area (Å²) >= 11 is 1.74. The summed E-state index contributed by atoms with van der Waals surface area (Å²) < 4.78 is 161. The summed E-state index contributed by atoms with van der Waals surface area (Å²) in [5.41, 5.74) is 13.9. The Kier molecular flexibility index (Phi) is 9.10. The Bertz CT molecular complexity index is 7160. The maximum absolute atomic E-state index is 9.44. The molecule has 3 aromatic heterocycles. The molecule has 0 saturated heterocycles. The highest BCUT2D eigenvalue weighted by atomic mass is 32.1. The number of thiophene rings is 1. The van der Waals surface area contributed by atoms with Crippen molar-refractivity contribution in [3.63, 3.8) is 0 Å². The van der Waals surface area contributed by atoms with E-state index in [9.17, 15) is 11.0 Å². The lowest BCUT2D eigenvalue weighted by Crippen LogP contribution is -2.14. The first-order chi connectivity index (χ1) is 53.1. The van der Waals surface area contributed by atoms with Gasteiger partial charge in [0.25, 0.3) is 0 Å². The fourth-order valence-electron chi connectivity index (χ4n) is 14.9. The lowest BCUT2D eigenvalue weighted by molar-refractivity contribution is 0.660. The number of hydrogen-bond donors (Lipinski definition) is 0. The molecule has 0 unspecified atom stereocenters. The Morgan fingerprint density at radius 2 is 0.649 bits per heavy atom. The van der Waals surface area contributed by atoms with Crippen LogP contribution < -0.4 is 0 Å². The molecule has 0 spiro atoms. The highest BCUT2D eigenvalue weighted by Crippen LogP contribution is 2.54. The van der Waals surface area contributed by atoms with E-state index in [2.05, 4.69) is 86.6 Å². The second-order valence-corrected chi connectivity index (χ2v) is 25.5. The summed E-state index contributed by atoms with van der Waals surface area (Å²) in [7, 11) is 0. The van der Waals surface area contributed by atoms with Crippen LogP contribution in [0.1, 0.15) is 46.9 Å². The highest BCUT2D eigenvalue weighted by molar-refractivity contribution is 7.25. The first-order valence-corrected chi connectivity index (χ1v) is 32.0. The van der Waals surface area contributed by atoms with Crippen molar-refractivity contribution in [2.75, 3.05) is 0 Å². The molecule has 1 aliphatic rings. The molecular formula is C91H58O2S. The fraction of sp³-hybridized carbons (Fsp3) is 0.0330. The number of fused-ring (bicyclic) bond motifs is 16. The lowest BCUT2D eigenvalue weighted by atomic mass is 9.81. The summed E-state index contributed by atoms with van der Waals surface area (Å²) in [4.78, 5) is 0. The Hall–Kier alpha value is -11.6. The van der Waals surface area contributed by atoms with Crippen LogP contribution in [-0.4, -0.2) is 0 Å². The van der Waals surface area contributed by atoms with Gasteiger partial charge in [0.15, 0.2) is 0 Å². The van der Waals surface area contributed by atoms with Gasteiger partial charge in [-0.1, -0.05) is 280 Å². The van der Waals surface area contributed by atoms with Crippen molar-refractivity contribution in [2.24, 2.45) is 0 Å². The van der Waals surface area contributed by atoms with Crippen LogP contribution in [0.2, 0.25) is 0 Å². The molecule has 0 fully saturated rings. The third kappa shape index (κ3) is 8.21. The number of para-hydroxylation sites is 2. The molecule has 1 aliphatic carbocycles. The van der Waals surface area contributed by atoms with Crippen molar-refractivity contribution in [2.45, 2.75) is 19.3 Å². The fourth-order valence-corrected chi connectivity index (χ4v) is 16.0. The number of rotatable bonds is 6. The van der Waals surface area contributed by atoms with Gasteiger partial charge in [-0.3, -0.25) is 0 Å². The molecule has 3 heteroatoms. The van der Waals surface area contributed by atoms with E-state index in [1.807, 2.05) is 97.1 Å². The number of furan rings is 2. The molecule has 0 radical (unpaired) electrons. The van der Waals surface area contributed by atoms with Gasteiger partial charge in [0.2, 0.25) is 0 Å². The van der Waals surface area contributed by atoms with Gasteiger partial charge in [-0.15, -0.1) is 11.3 Å². The average molecular weight is 1230 g/mol. The van der Waals surface area contributed by atoms with E-state index >= 15 is 0 Å². The van der Waals surface area contributed by atoms with Gasteiger partial charge in [0.05, 0.1) is 21.9 Å². The van der Waals surface area contributed by atoms with Crippen LogP contribution in [0.15, 0.2) is 324 Å². The summed E-state index contributed by atoms with van der Waals surface area (Å²) in [6, 6.07) is 64.8. The third-order valence-electron chi connectivity index (χ3n) is 19.0. The monoisotopic (exact) mass is 1230 g/mol. The Labute approximate surface area is 570 Å². The van der Waals surface area contributed by atoms with Gasteiger partial charge >= 0.3 is 0 Å². The van der Waals surface area contributed by atoms with Crippen molar-refractivity contribution >= 4 is 118 Å². The minimum atomic E-state index is -0.436. The van der Waals surface area contributed by atoms with E-state index in [0.29, 0.717) is 77.6 Å². The van der Waals surface area contributed by atoms with Gasteiger partial charge in [0, 0.05) is 58.3 Å². The molecule has 440 valence electrons. The van der Waals surface area contributed by atoms with Crippen LogP contribution in [-0.2, 0) is 5.41 Å². The Balaban J connectivity index is 0.000000149. The van der Waals surface area contributed by atoms with E-state index in [4.69, 9.17) is 19.8 Å². The molecule has 16 aromatic carbocycles. The molecule has 0 amide bonds. The van der Waals surface area contributed by atoms with Crippen LogP contribution in [0, 0.1) is 0 Å². The molecule has 2 nitrogen and oxygen atoms in total. The molecule has 0 saturated carbocycles. The molecule has 3 heterocycles. The van der Waals surface area contributed by atoms with Crippen LogP contribution >= 0.6 is 11.3 Å². The van der Waals surface area contributed by atoms with E-state index in [0.717, 1.165) is 48.5 Å². The first kappa shape index (κ1) is 40.3. The van der Waals surface area contributed by atoms with Crippen molar-refractivity contribution < 1.29 is 30.8 Å². The third-order valence-corrected chi connectivity index (χ3v) is 20.2. The van der Waals surface area contributed by atoms with E-state index < -0.39 is 48.3 Å². The Morgan fingerprint density at radius 1 is 0.277 bits per heavy atom. The second-order valence-electron chi connectivity index (χ2n) is 24.4. The van der Waals surface area contributed by atoms with Gasteiger partial charge in [-0.2, -0.15) is 0 Å². The largest absolute Gasteiger partial charge is 0.455 e. The Morgan fingerprint density at radius 3 is 1.16 bits per heavy atom. The molecular weight excluding hydrogens is 1160 g/mol. The molecule has 0 N–H and O–H groups in total. The topological polar surface area (TPSA) is 26.3 Å². The second kappa shape index (κ2) is 21.2. The average Bonchev–Trinajstić information content (AvgIpc) is 0.756. The van der Waals surface area contributed by atoms with E-state index in [1.165, 1.54) is 27.0 Å². The smallest absolute Gasteiger partial charge is 0.143 e. The molecule has 0 bridgehead atoms.